The lowest BCUT2D eigenvalue weighted by molar-refractivity contribution is -0.0861. The van der Waals surface area contributed by atoms with E-state index in [2.05, 4.69) is 20.3 Å². The van der Waals surface area contributed by atoms with Crippen LogP contribution in [-0.2, 0) is 17.9 Å². The molecular formula is C23H22FN7O3. The normalized spacial score (nSPS) is 16.1. The number of nitrogens with zero attached hydrogens (tertiary/aromatic N) is 7. The van der Waals surface area contributed by atoms with Gasteiger partial charge < -0.3 is 14.7 Å². The standard InChI is InChI=1S/C23H22FN7O3/c24-17-3-4-19(25-13-17)20-6-10-29(28-20)14-22-30(9-1-11-34-22)23(33)18-12-16(15-32)2-5-21(18)31-26-7-8-27-31/h2-8,10,12-13,22,32H,1,9,11,14-15H2. The Bertz CT molecular complexity index is 1270. The molecular weight excluding hydrogens is 441 g/mol. The number of aliphatic hydroxyl groups excluding tert-OH is 1. The smallest absolute Gasteiger partial charge is 0.258 e. The Hall–Kier alpha value is -3.96. The molecule has 4 heterocycles. The van der Waals surface area contributed by atoms with Gasteiger partial charge in [-0.05, 0) is 42.3 Å². The van der Waals surface area contributed by atoms with Gasteiger partial charge in [0.1, 0.15) is 11.5 Å². The maximum Gasteiger partial charge on any atom is 0.258 e. The number of rotatable bonds is 6. The van der Waals surface area contributed by atoms with Gasteiger partial charge in [0.05, 0.1) is 55.3 Å². The van der Waals surface area contributed by atoms with Crippen LogP contribution in [0.4, 0.5) is 4.39 Å². The van der Waals surface area contributed by atoms with Gasteiger partial charge in [0, 0.05) is 12.7 Å². The van der Waals surface area contributed by atoms with Crippen molar-refractivity contribution in [2.24, 2.45) is 0 Å². The highest BCUT2D eigenvalue weighted by Gasteiger charge is 2.31. The molecule has 0 aliphatic carbocycles. The highest BCUT2D eigenvalue weighted by Crippen LogP contribution is 2.23. The number of halogens is 1. The molecule has 5 rings (SSSR count). The van der Waals surface area contributed by atoms with Crippen LogP contribution in [0.1, 0.15) is 22.3 Å². The lowest BCUT2D eigenvalue weighted by Crippen LogP contribution is -2.48. The largest absolute Gasteiger partial charge is 0.392 e. The zero-order valence-corrected chi connectivity index (χ0v) is 18.2. The van der Waals surface area contributed by atoms with Gasteiger partial charge in [0.2, 0.25) is 0 Å². The maximum atomic E-state index is 13.7. The number of aromatic nitrogens is 6. The van der Waals surface area contributed by atoms with Crippen LogP contribution >= 0.6 is 0 Å². The molecule has 0 bridgehead atoms. The Balaban J connectivity index is 1.40. The summed E-state index contributed by atoms with van der Waals surface area (Å²) in [7, 11) is 0. The Morgan fingerprint density at radius 2 is 2.00 bits per heavy atom. The molecule has 1 aromatic carbocycles. The second-order valence-corrected chi connectivity index (χ2v) is 7.79. The van der Waals surface area contributed by atoms with E-state index in [1.807, 2.05) is 0 Å². The number of hydrogen-bond donors (Lipinski definition) is 1. The molecule has 1 aliphatic heterocycles. The maximum absolute atomic E-state index is 13.7. The molecule has 0 spiro atoms. The molecule has 34 heavy (non-hydrogen) atoms. The minimum absolute atomic E-state index is 0.194. The first-order chi connectivity index (χ1) is 16.6. The molecule has 0 saturated carbocycles. The second-order valence-electron chi connectivity index (χ2n) is 7.79. The molecule has 1 unspecified atom stereocenters. The molecule has 0 radical (unpaired) electrons. The van der Waals surface area contributed by atoms with Gasteiger partial charge in [-0.3, -0.25) is 14.5 Å². The van der Waals surface area contributed by atoms with Gasteiger partial charge >= 0.3 is 0 Å². The number of amides is 1. The number of hydrogen-bond acceptors (Lipinski definition) is 7. The number of aliphatic hydroxyl groups is 1. The average Bonchev–Trinajstić information content (AvgIpc) is 3.57. The van der Waals surface area contributed by atoms with Crippen LogP contribution in [0.15, 0.2) is 61.2 Å². The third-order valence-electron chi connectivity index (χ3n) is 5.54. The van der Waals surface area contributed by atoms with Crippen molar-refractivity contribution in [2.75, 3.05) is 13.2 Å². The van der Waals surface area contributed by atoms with E-state index in [1.54, 1.807) is 46.1 Å². The Labute approximate surface area is 194 Å². The van der Waals surface area contributed by atoms with Crippen molar-refractivity contribution in [3.05, 3.63) is 78.1 Å². The summed E-state index contributed by atoms with van der Waals surface area (Å²) in [5.74, 6) is -0.664. The minimum Gasteiger partial charge on any atom is -0.392 e. The summed E-state index contributed by atoms with van der Waals surface area (Å²) in [6, 6.07) is 9.77. The first-order valence-corrected chi connectivity index (χ1v) is 10.8. The van der Waals surface area contributed by atoms with Crippen LogP contribution in [-0.4, -0.2) is 65.1 Å². The number of ether oxygens (including phenoxy) is 1. The predicted molar refractivity (Wildman–Crippen MR) is 118 cm³/mol. The van der Waals surface area contributed by atoms with Crippen molar-refractivity contribution < 1.29 is 19.0 Å². The third-order valence-corrected chi connectivity index (χ3v) is 5.54. The monoisotopic (exact) mass is 463 g/mol. The summed E-state index contributed by atoms with van der Waals surface area (Å²) in [6.07, 6.45) is 6.13. The Morgan fingerprint density at radius 3 is 2.76 bits per heavy atom. The van der Waals surface area contributed by atoms with Gasteiger partial charge in [0.15, 0.2) is 6.23 Å². The highest BCUT2D eigenvalue weighted by atomic mass is 19.1. The number of benzene rings is 1. The molecule has 4 aromatic rings. The van der Waals surface area contributed by atoms with E-state index in [9.17, 15) is 14.3 Å². The van der Waals surface area contributed by atoms with E-state index < -0.39 is 12.0 Å². The first-order valence-electron chi connectivity index (χ1n) is 10.8. The van der Waals surface area contributed by atoms with Gasteiger partial charge in [-0.15, -0.1) is 0 Å². The summed E-state index contributed by atoms with van der Waals surface area (Å²) >= 11 is 0. The summed E-state index contributed by atoms with van der Waals surface area (Å²) in [6.45, 7) is 1.14. The molecule has 174 valence electrons. The van der Waals surface area contributed by atoms with Crippen LogP contribution in [0.3, 0.4) is 0 Å². The van der Waals surface area contributed by atoms with E-state index in [1.165, 1.54) is 23.3 Å². The van der Waals surface area contributed by atoms with Crippen molar-refractivity contribution in [2.45, 2.75) is 25.8 Å². The van der Waals surface area contributed by atoms with E-state index in [4.69, 9.17) is 4.74 Å². The van der Waals surface area contributed by atoms with Gasteiger partial charge in [-0.2, -0.15) is 20.1 Å². The van der Waals surface area contributed by atoms with Crippen LogP contribution in [0.25, 0.3) is 17.1 Å². The summed E-state index contributed by atoms with van der Waals surface area (Å²) in [4.78, 5) is 20.8. The molecule has 1 saturated heterocycles. The van der Waals surface area contributed by atoms with Crippen LogP contribution in [0, 0.1) is 5.82 Å². The molecule has 1 fully saturated rings. The topological polar surface area (TPSA) is 111 Å². The number of carbonyl (C=O) groups is 1. The quantitative estimate of drug-likeness (QED) is 0.466. The van der Waals surface area contributed by atoms with Crippen molar-refractivity contribution in [1.29, 1.82) is 0 Å². The molecule has 11 heteroatoms. The van der Waals surface area contributed by atoms with Crippen LogP contribution < -0.4 is 0 Å². The molecule has 10 nitrogen and oxygen atoms in total. The van der Waals surface area contributed by atoms with Crippen molar-refractivity contribution >= 4 is 5.91 Å². The van der Waals surface area contributed by atoms with Crippen molar-refractivity contribution in [1.82, 2.24) is 34.7 Å². The Morgan fingerprint density at radius 1 is 1.15 bits per heavy atom. The molecule has 1 aliphatic rings. The predicted octanol–water partition coefficient (Wildman–Crippen LogP) is 2.05. The van der Waals surface area contributed by atoms with Gasteiger partial charge in [0.25, 0.3) is 5.91 Å². The zero-order valence-electron chi connectivity index (χ0n) is 18.2. The van der Waals surface area contributed by atoms with Gasteiger partial charge in [-0.25, -0.2) is 4.39 Å². The second kappa shape index (κ2) is 9.49. The fourth-order valence-electron chi connectivity index (χ4n) is 3.88. The molecule has 3 aromatic heterocycles. The van der Waals surface area contributed by atoms with Crippen LogP contribution in [0.5, 0.6) is 0 Å². The fourth-order valence-corrected chi connectivity index (χ4v) is 3.88. The average molecular weight is 463 g/mol. The SMILES string of the molecule is O=C(c1cc(CO)ccc1-n1nccn1)N1CCCOC1Cn1ccc(-c2ccc(F)cn2)n1. The first kappa shape index (κ1) is 21.9. The zero-order chi connectivity index (χ0) is 23.5. The highest BCUT2D eigenvalue weighted by molar-refractivity contribution is 5.98. The van der Waals surface area contributed by atoms with Crippen molar-refractivity contribution in [3.8, 4) is 17.1 Å². The third kappa shape index (κ3) is 4.43. The lowest BCUT2D eigenvalue weighted by Gasteiger charge is -2.36. The Kier molecular flexibility index (Phi) is 6.11. The summed E-state index contributed by atoms with van der Waals surface area (Å²) in [5.41, 5.74) is 2.64. The van der Waals surface area contributed by atoms with E-state index >= 15 is 0 Å². The van der Waals surface area contributed by atoms with E-state index in [0.29, 0.717) is 54.3 Å². The van der Waals surface area contributed by atoms with Crippen LogP contribution in [0.2, 0.25) is 0 Å². The van der Waals surface area contributed by atoms with E-state index in [-0.39, 0.29) is 12.5 Å². The molecule has 1 N–H and O–H groups in total. The number of pyridine rings is 1. The molecule has 1 amide bonds. The molecule has 1 atom stereocenters. The number of carbonyl (C=O) groups excluding carboxylic acids is 1. The fraction of sp³-hybridized carbons (Fsp3) is 0.261. The van der Waals surface area contributed by atoms with Crippen molar-refractivity contribution in [3.63, 3.8) is 0 Å². The lowest BCUT2D eigenvalue weighted by atomic mass is 10.1. The summed E-state index contributed by atoms with van der Waals surface area (Å²) < 4.78 is 20.8. The van der Waals surface area contributed by atoms with Gasteiger partial charge in [-0.1, -0.05) is 6.07 Å². The summed E-state index contributed by atoms with van der Waals surface area (Å²) in [5, 5.41) is 22.4. The van der Waals surface area contributed by atoms with E-state index in [0.717, 1.165) is 6.20 Å². The minimum atomic E-state index is -0.550.